The monoisotopic (exact) mass is 461 g/mol. The minimum atomic E-state index is -0.799. The SMILES string of the molecule is CC1(C)O[C@@H]([C@@H]2c3cccc4c3[C@@]3(C=N4)CCN2C(=O)C3c2ccccc2[N+](=O)[O-])C(C)(C)O1. The second-order valence-corrected chi connectivity index (χ2v) is 10.7. The van der Waals surface area contributed by atoms with E-state index in [9.17, 15) is 14.9 Å². The van der Waals surface area contributed by atoms with Gasteiger partial charge in [0.15, 0.2) is 5.79 Å². The third kappa shape index (κ3) is 2.72. The summed E-state index contributed by atoms with van der Waals surface area (Å²) in [5.74, 6) is -1.67. The average Bonchev–Trinajstić information content (AvgIpc) is 3.15. The number of benzene rings is 2. The number of para-hydroxylation sites is 1. The third-order valence-electron chi connectivity index (χ3n) is 7.78. The molecule has 1 unspecified atom stereocenters. The molecule has 1 amide bonds. The van der Waals surface area contributed by atoms with E-state index in [1.165, 1.54) is 6.07 Å². The lowest BCUT2D eigenvalue weighted by Crippen LogP contribution is -2.53. The van der Waals surface area contributed by atoms with Gasteiger partial charge in [-0.15, -0.1) is 0 Å². The van der Waals surface area contributed by atoms with Gasteiger partial charge in [-0.1, -0.05) is 30.3 Å². The fourth-order valence-corrected chi connectivity index (χ4v) is 6.71. The molecule has 2 bridgehead atoms. The molecule has 0 radical (unpaired) electrons. The molecule has 1 spiro atoms. The summed E-state index contributed by atoms with van der Waals surface area (Å²) < 4.78 is 12.7. The van der Waals surface area contributed by atoms with Crippen LogP contribution in [0.1, 0.15) is 62.8 Å². The molecule has 0 saturated carbocycles. The molecule has 2 aromatic rings. The van der Waals surface area contributed by atoms with Crippen LogP contribution in [0.2, 0.25) is 0 Å². The summed E-state index contributed by atoms with van der Waals surface area (Å²) >= 11 is 0. The van der Waals surface area contributed by atoms with Crippen LogP contribution in [0.5, 0.6) is 0 Å². The van der Waals surface area contributed by atoms with E-state index < -0.39 is 39.8 Å². The predicted octanol–water partition coefficient (Wildman–Crippen LogP) is 4.55. The molecule has 2 saturated heterocycles. The van der Waals surface area contributed by atoms with E-state index >= 15 is 0 Å². The van der Waals surface area contributed by atoms with Gasteiger partial charge >= 0.3 is 0 Å². The van der Waals surface area contributed by atoms with Crippen molar-refractivity contribution in [1.29, 1.82) is 0 Å². The number of nitro groups is 1. The molecule has 176 valence electrons. The number of aliphatic imine (C=N–C) groups is 1. The van der Waals surface area contributed by atoms with Crippen LogP contribution >= 0.6 is 0 Å². The zero-order valence-electron chi connectivity index (χ0n) is 19.6. The fourth-order valence-electron chi connectivity index (χ4n) is 6.71. The van der Waals surface area contributed by atoms with E-state index in [0.717, 1.165) is 16.8 Å². The number of piperidine rings is 1. The van der Waals surface area contributed by atoms with Crippen molar-refractivity contribution in [3.05, 3.63) is 69.3 Å². The zero-order chi connectivity index (χ0) is 24.0. The summed E-state index contributed by atoms with van der Waals surface area (Å²) in [4.78, 5) is 32.5. The molecule has 0 aliphatic carbocycles. The highest BCUT2D eigenvalue weighted by molar-refractivity contribution is 6.00. The number of hydrogen-bond acceptors (Lipinski definition) is 6. The van der Waals surface area contributed by atoms with Gasteiger partial charge in [-0.25, -0.2) is 0 Å². The minimum Gasteiger partial charge on any atom is -0.342 e. The summed E-state index contributed by atoms with van der Waals surface area (Å²) in [7, 11) is 0. The molecular formula is C26H27N3O5. The average molecular weight is 462 g/mol. The highest BCUT2D eigenvalue weighted by Crippen LogP contribution is 2.60. The van der Waals surface area contributed by atoms with Crippen LogP contribution in [0, 0.1) is 10.1 Å². The van der Waals surface area contributed by atoms with Gasteiger partial charge in [0.05, 0.1) is 33.6 Å². The second-order valence-electron chi connectivity index (χ2n) is 10.7. The number of carbonyl (C=O) groups is 1. The quantitative estimate of drug-likeness (QED) is 0.494. The van der Waals surface area contributed by atoms with E-state index in [-0.39, 0.29) is 11.6 Å². The van der Waals surface area contributed by atoms with E-state index in [1.807, 2.05) is 57.0 Å². The lowest BCUT2D eigenvalue weighted by atomic mass is 9.64. The van der Waals surface area contributed by atoms with Crippen molar-refractivity contribution in [2.45, 2.75) is 69.0 Å². The van der Waals surface area contributed by atoms with Crippen molar-refractivity contribution in [2.75, 3.05) is 6.54 Å². The molecule has 5 heterocycles. The molecular weight excluding hydrogens is 434 g/mol. The van der Waals surface area contributed by atoms with E-state index in [4.69, 9.17) is 14.5 Å². The molecule has 5 aliphatic heterocycles. The summed E-state index contributed by atoms with van der Waals surface area (Å²) in [5.41, 5.74) is 1.79. The van der Waals surface area contributed by atoms with Gasteiger partial charge in [0.1, 0.15) is 6.10 Å². The molecule has 7 rings (SSSR count). The molecule has 0 aromatic heterocycles. The Labute approximate surface area is 197 Å². The Morgan fingerprint density at radius 2 is 1.82 bits per heavy atom. The maximum atomic E-state index is 14.3. The first kappa shape index (κ1) is 21.4. The van der Waals surface area contributed by atoms with Crippen molar-refractivity contribution in [3.63, 3.8) is 0 Å². The van der Waals surface area contributed by atoms with Crippen LogP contribution in [0.25, 0.3) is 0 Å². The van der Waals surface area contributed by atoms with Crippen molar-refractivity contribution in [1.82, 2.24) is 4.90 Å². The van der Waals surface area contributed by atoms with Gasteiger partial charge in [-0.3, -0.25) is 19.9 Å². The Kier molecular flexibility index (Phi) is 4.24. The number of nitro benzene ring substituents is 1. The highest BCUT2D eigenvalue weighted by atomic mass is 16.8. The van der Waals surface area contributed by atoms with Crippen molar-refractivity contribution >= 4 is 23.5 Å². The van der Waals surface area contributed by atoms with Gasteiger partial charge in [-0.2, -0.15) is 0 Å². The van der Waals surface area contributed by atoms with Crippen LogP contribution in [0.4, 0.5) is 11.4 Å². The van der Waals surface area contributed by atoms with E-state index in [1.54, 1.807) is 18.2 Å². The number of carbonyl (C=O) groups excluding carboxylic acids is 1. The topological polar surface area (TPSA) is 94.3 Å². The summed E-state index contributed by atoms with van der Waals surface area (Å²) in [6, 6.07) is 12.2. The Morgan fingerprint density at radius 3 is 2.53 bits per heavy atom. The van der Waals surface area contributed by atoms with E-state index in [0.29, 0.717) is 18.5 Å². The number of fused-ring (bicyclic) bond motifs is 2. The molecule has 2 aromatic carbocycles. The summed E-state index contributed by atoms with van der Waals surface area (Å²) in [6.45, 7) is 8.26. The van der Waals surface area contributed by atoms with Crippen molar-refractivity contribution < 1.29 is 19.2 Å². The lowest BCUT2D eigenvalue weighted by Gasteiger charge is -2.44. The minimum absolute atomic E-state index is 0.0400. The van der Waals surface area contributed by atoms with E-state index in [2.05, 4.69) is 0 Å². The molecule has 34 heavy (non-hydrogen) atoms. The zero-order valence-corrected chi connectivity index (χ0v) is 19.6. The first-order valence-corrected chi connectivity index (χ1v) is 11.7. The van der Waals surface area contributed by atoms with Crippen LogP contribution in [0.15, 0.2) is 47.5 Å². The first-order chi connectivity index (χ1) is 16.1. The molecule has 4 atom stereocenters. The fraction of sp³-hybridized carbons (Fsp3) is 0.462. The predicted molar refractivity (Wildman–Crippen MR) is 125 cm³/mol. The van der Waals surface area contributed by atoms with Gasteiger partial charge in [0, 0.05) is 24.4 Å². The number of amides is 1. The molecule has 8 nitrogen and oxygen atoms in total. The van der Waals surface area contributed by atoms with Crippen molar-refractivity contribution in [3.8, 4) is 0 Å². The van der Waals surface area contributed by atoms with Crippen LogP contribution in [0.3, 0.4) is 0 Å². The van der Waals surface area contributed by atoms with Crippen LogP contribution in [-0.2, 0) is 19.7 Å². The standard InChI is InChI=1S/C26H27N3O5/c1-24(2)22(33-25(3,4)34-24)21-16-9-7-10-17-19(16)26(14-27-17)12-13-28(21)23(30)20(26)15-8-5-6-11-18(15)29(31)32/h5-11,14,20-22H,12-13H2,1-4H3/t20?,21-,22-,26-/m0/s1. The first-order valence-electron chi connectivity index (χ1n) is 11.7. The number of nitrogens with zero attached hydrogens (tertiary/aromatic N) is 3. The largest absolute Gasteiger partial charge is 0.342 e. The maximum absolute atomic E-state index is 14.3. The van der Waals surface area contributed by atoms with Crippen molar-refractivity contribution in [2.24, 2.45) is 4.99 Å². The molecule has 2 fully saturated rings. The smallest absolute Gasteiger partial charge is 0.273 e. The second kappa shape index (κ2) is 6.73. The molecule has 0 N–H and O–H groups in total. The Bertz CT molecular complexity index is 1270. The Hall–Kier alpha value is -3.10. The van der Waals surface area contributed by atoms with Crippen LogP contribution < -0.4 is 0 Å². The normalized spacial score (nSPS) is 32.1. The Balaban J connectivity index is 1.61. The van der Waals surface area contributed by atoms with Gasteiger partial charge in [0.25, 0.3) is 5.69 Å². The molecule has 8 heteroatoms. The third-order valence-corrected chi connectivity index (χ3v) is 7.78. The highest BCUT2D eigenvalue weighted by Gasteiger charge is 2.62. The maximum Gasteiger partial charge on any atom is 0.273 e. The molecule has 5 aliphatic rings. The number of hydrogen-bond donors (Lipinski definition) is 0. The summed E-state index contributed by atoms with van der Waals surface area (Å²) in [6.07, 6.45) is 2.08. The number of ether oxygens (including phenoxy) is 2. The van der Waals surface area contributed by atoms with Gasteiger partial charge in [0.2, 0.25) is 5.91 Å². The Morgan fingerprint density at radius 1 is 1.09 bits per heavy atom. The summed E-state index contributed by atoms with van der Waals surface area (Å²) in [5, 5.41) is 12.0. The van der Waals surface area contributed by atoms with Crippen LogP contribution in [-0.4, -0.2) is 46.0 Å². The number of rotatable bonds is 3. The van der Waals surface area contributed by atoms with Gasteiger partial charge in [-0.05, 0) is 51.3 Å². The van der Waals surface area contributed by atoms with Gasteiger partial charge < -0.3 is 14.4 Å². The lowest BCUT2D eigenvalue weighted by molar-refractivity contribution is -0.385.